The fourth-order valence-corrected chi connectivity index (χ4v) is 1.07. The van der Waals surface area contributed by atoms with Gasteiger partial charge in [-0.05, 0) is 19.3 Å². The molecule has 2 aromatic carbocycles. The van der Waals surface area contributed by atoms with E-state index >= 15 is 0 Å². The molecule has 0 nitrogen and oxygen atoms in total. The maximum Gasteiger partial charge on any atom is -0.0398 e. The fraction of sp³-hybridized carbons (Fsp3) is 0.478. The summed E-state index contributed by atoms with van der Waals surface area (Å²) in [6.07, 6.45) is 0. The second kappa shape index (κ2) is 18.5. The van der Waals surface area contributed by atoms with Crippen LogP contribution in [0.25, 0.3) is 0 Å². The zero-order valence-electron chi connectivity index (χ0n) is 17.3. The van der Waals surface area contributed by atoms with Gasteiger partial charge in [-0.1, -0.05) is 127 Å². The number of hydrogen-bond donors (Lipinski definition) is 0. The van der Waals surface area contributed by atoms with Gasteiger partial charge in [-0.25, -0.2) is 0 Å². The van der Waals surface area contributed by atoms with Gasteiger partial charge in [0.05, 0.1) is 0 Å². The Balaban J connectivity index is -0.000000238. The molecule has 0 radical (unpaired) electrons. The zero-order chi connectivity index (χ0) is 18.7. The average Bonchev–Trinajstić information content (AvgIpc) is 2.52. The topological polar surface area (TPSA) is 0 Å². The Morgan fingerprint density at radius 1 is 0.478 bits per heavy atom. The Morgan fingerprint density at radius 2 is 0.652 bits per heavy atom. The third kappa shape index (κ3) is 33.3. The zero-order valence-corrected chi connectivity index (χ0v) is 17.3. The lowest BCUT2D eigenvalue weighted by molar-refractivity contribution is 0.469. The highest BCUT2D eigenvalue weighted by Crippen LogP contribution is 2.08. The van der Waals surface area contributed by atoms with Gasteiger partial charge >= 0.3 is 0 Å². The summed E-state index contributed by atoms with van der Waals surface area (Å²) in [5, 5.41) is 0. The Hall–Kier alpha value is -1.56. The molecular formula is C23H40. The smallest absolute Gasteiger partial charge is 0.0398 e. The van der Waals surface area contributed by atoms with E-state index in [-0.39, 0.29) is 0 Å². The van der Waals surface area contributed by atoms with Crippen LogP contribution in [0.1, 0.15) is 66.5 Å². The minimum Gasteiger partial charge on any atom is -0.0683 e. The molecule has 0 heterocycles. The van der Waals surface area contributed by atoms with Crippen molar-refractivity contribution in [2.45, 2.75) is 69.2 Å². The van der Waals surface area contributed by atoms with Crippen LogP contribution in [0.4, 0.5) is 0 Å². The predicted molar refractivity (Wildman–Crippen MR) is 110 cm³/mol. The van der Waals surface area contributed by atoms with Crippen LogP contribution in [0.15, 0.2) is 60.7 Å². The molecule has 0 aliphatic heterocycles. The van der Waals surface area contributed by atoms with E-state index in [4.69, 9.17) is 0 Å². The maximum absolute atomic E-state index is 2.19. The standard InChI is InChI=1S/2C7H8.C5H12.2C2H6/c2*1-7-5-3-2-4-6-7;1-5(2,3)4;2*1-2/h2*2-6H,1H3;1-4H3;2*1-2H3. The molecule has 0 amide bonds. The molecule has 0 N–H and O–H groups in total. The van der Waals surface area contributed by atoms with Crippen molar-refractivity contribution in [3.8, 4) is 0 Å². The molecule has 0 heteroatoms. The lowest BCUT2D eigenvalue weighted by atomic mass is 10.0. The van der Waals surface area contributed by atoms with Gasteiger partial charge in [0.2, 0.25) is 0 Å². The monoisotopic (exact) mass is 316 g/mol. The minimum atomic E-state index is 0.500. The van der Waals surface area contributed by atoms with Crippen molar-refractivity contribution in [1.29, 1.82) is 0 Å². The van der Waals surface area contributed by atoms with Crippen LogP contribution >= 0.6 is 0 Å². The van der Waals surface area contributed by atoms with Crippen molar-refractivity contribution in [2.75, 3.05) is 0 Å². The summed E-state index contributed by atoms with van der Waals surface area (Å²) in [7, 11) is 0. The molecular weight excluding hydrogens is 276 g/mol. The Kier molecular flexibility index (Phi) is 21.2. The minimum absolute atomic E-state index is 0.500. The first-order valence-electron chi connectivity index (χ1n) is 8.82. The summed E-state index contributed by atoms with van der Waals surface area (Å²) in [5.41, 5.74) is 3.14. The van der Waals surface area contributed by atoms with Gasteiger partial charge in [0.25, 0.3) is 0 Å². The number of hydrogen-bond acceptors (Lipinski definition) is 0. The van der Waals surface area contributed by atoms with Crippen molar-refractivity contribution < 1.29 is 0 Å². The lowest BCUT2D eigenvalue weighted by Crippen LogP contribution is -1.93. The van der Waals surface area contributed by atoms with E-state index in [0.29, 0.717) is 5.41 Å². The van der Waals surface area contributed by atoms with Crippen LogP contribution < -0.4 is 0 Å². The molecule has 132 valence electrons. The van der Waals surface area contributed by atoms with Crippen LogP contribution in [0.3, 0.4) is 0 Å². The summed E-state index contributed by atoms with van der Waals surface area (Å²) in [5.74, 6) is 0. The molecule has 0 atom stereocenters. The largest absolute Gasteiger partial charge is 0.0683 e. The SMILES string of the molecule is CC.CC.CC(C)(C)C.Cc1ccccc1.Cc1ccccc1. The van der Waals surface area contributed by atoms with Crippen LogP contribution in [0, 0.1) is 19.3 Å². The van der Waals surface area contributed by atoms with Crippen molar-refractivity contribution in [2.24, 2.45) is 5.41 Å². The first-order chi connectivity index (χ1) is 10.8. The highest BCUT2D eigenvalue weighted by atomic mass is 14.0. The Morgan fingerprint density at radius 3 is 0.739 bits per heavy atom. The average molecular weight is 317 g/mol. The van der Waals surface area contributed by atoms with Crippen LogP contribution in [0.2, 0.25) is 0 Å². The molecule has 0 saturated heterocycles. The summed E-state index contributed by atoms with van der Waals surface area (Å²) < 4.78 is 0. The van der Waals surface area contributed by atoms with Crippen molar-refractivity contribution in [3.63, 3.8) is 0 Å². The van der Waals surface area contributed by atoms with E-state index in [0.717, 1.165) is 0 Å². The maximum atomic E-state index is 2.19. The predicted octanol–water partition coefficient (Wildman–Crippen LogP) is 8.09. The van der Waals surface area contributed by atoms with Crippen LogP contribution in [-0.4, -0.2) is 0 Å². The first-order valence-corrected chi connectivity index (χ1v) is 8.82. The van der Waals surface area contributed by atoms with Crippen molar-refractivity contribution in [1.82, 2.24) is 0 Å². The van der Waals surface area contributed by atoms with Gasteiger partial charge in [0.15, 0.2) is 0 Å². The molecule has 0 aliphatic rings. The van der Waals surface area contributed by atoms with E-state index in [9.17, 15) is 0 Å². The number of rotatable bonds is 0. The fourth-order valence-electron chi connectivity index (χ4n) is 1.07. The highest BCUT2D eigenvalue weighted by molar-refractivity contribution is 5.12. The molecule has 2 aromatic rings. The molecule has 0 spiro atoms. The van der Waals surface area contributed by atoms with E-state index in [1.807, 2.05) is 64.1 Å². The third-order valence-corrected chi connectivity index (χ3v) is 1.88. The van der Waals surface area contributed by atoms with Gasteiger partial charge in [0, 0.05) is 0 Å². The number of aryl methyl sites for hydroxylation is 2. The molecule has 0 saturated carbocycles. The Labute approximate surface area is 147 Å². The third-order valence-electron chi connectivity index (χ3n) is 1.88. The molecule has 0 fully saturated rings. The molecule has 23 heavy (non-hydrogen) atoms. The van der Waals surface area contributed by atoms with Crippen LogP contribution in [0.5, 0.6) is 0 Å². The van der Waals surface area contributed by atoms with E-state index in [1.54, 1.807) is 0 Å². The number of benzene rings is 2. The van der Waals surface area contributed by atoms with Crippen LogP contribution in [-0.2, 0) is 0 Å². The van der Waals surface area contributed by atoms with Gasteiger partial charge in [-0.3, -0.25) is 0 Å². The van der Waals surface area contributed by atoms with Gasteiger partial charge in [-0.15, -0.1) is 0 Å². The normalized spacial score (nSPS) is 8.43. The molecule has 0 aliphatic carbocycles. The summed E-state index contributed by atoms with van der Waals surface area (Å²) in [4.78, 5) is 0. The molecule has 0 bridgehead atoms. The quantitative estimate of drug-likeness (QED) is 0.460. The highest BCUT2D eigenvalue weighted by Gasteiger charge is 1.95. The second-order valence-electron chi connectivity index (χ2n) is 6.31. The molecule has 0 unspecified atom stereocenters. The van der Waals surface area contributed by atoms with E-state index in [2.05, 4.69) is 65.8 Å². The first kappa shape index (κ1) is 26.3. The summed E-state index contributed by atoms with van der Waals surface area (Å²) >= 11 is 0. The summed E-state index contributed by atoms with van der Waals surface area (Å²) in [6, 6.07) is 20.5. The summed E-state index contributed by atoms with van der Waals surface area (Å²) in [6.45, 7) is 20.9. The molecule has 2 rings (SSSR count). The van der Waals surface area contributed by atoms with Gasteiger partial charge < -0.3 is 0 Å². The van der Waals surface area contributed by atoms with E-state index in [1.165, 1.54) is 11.1 Å². The van der Waals surface area contributed by atoms with E-state index < -0.39 is 0 Å². The van der Waals surface area contributed by atoms with Gasteiger partial charge in [-0.2, -0.15) is 0 Å². The lowest BCUT2D eigenvalue weighted by Gasteiger charge is -2.05. The Bertz CT molecular complexity index is 363. The second-order valence-corrected chi connectivity index (χ2v) is 6.31. The van der Waals surface area contributed by atoms with Gasteiger partial charge in [0.1, 0.15) is 0 Å². The molecule has 0 aromatic heterocycles. The van der Waals surface area contributed by atoms with Crippen molar-refractivity contribution >= 4 is 0 Å². The van der Waals surface area contributed by atoms with Crippen molar-refractivity contribution in [3.05, 3.63) is 71.8 Å².